The van der Waals surface area contributed by atoms with Crippen LogP contribution in [0.4, 0.5) is 17.5 Å². The Hall–Kier alpha value is -3.23. The first-order valence-electron chi connectivity index (χ1n) is 6.92. The Morgan fingerprint density at radius 2 is 2.09 bits per heavy atom. The molecule has 3 aromatic rings. The number of hydrogen-bond donors (Lipinski definition) is 2. The fourth-order valence-corrected chi connectivity index (χ4v) is 2.05. The Kier molecular flexibility index (Phi) is 4.00. The smallest absolute Gasteiger partial charge is 0.229 e. The number of rotatable bonds is 5. The topological polar surface area (TPSA) is 103 Å². The van der Waals surface area contributed by atoms with Crippen LogP contribution in [0.3, 0.4) is 0 Å². The fourth-order valence-electron chi connectivity index (χ4n) is 2.05. The molecule has 23 heavy (non-hydrogen) atoms. The quantitative estimate of drug-likeness (QED) is 0.731. The maximum Gasteiger partial charge on any atom is 0.229 e. The van der Waals surface area contributed by atoms with Gasteiger partial charge in [-0.1, -0.05) is 0 Å². The highest BCUT2D eigenvalue weighted by atomic mass is 16.5. The summed E-state index contributed by atoms with van der Waals surface area (Å²) in [7, 11) is 3.41. The van der Waals surface area contributed by atoms with Gasteiger partial charge < -0.3 is 15.4 Å². The average Bonchev–Trinajstić information content (AvgIpc) is 3.00. The molecule has 0 saturated carbocycles. The van der Waals surface area contributed by atoms with Crippen LogP contribution in [0.25, 0.3) is 5.69 Å². The zero-order valence-corrected chi connectivity index (χ0v) is 13.0. The van der Waals surface area contributed by atoms with E-state index in [2.05, 4.69) is 36.1 Å². The molecule has 0 aliphatic heterocycles. The molecular weight excluding hydrogens is 296 g/mol. The van der Waals surface area contributed by atoms with E-state index in [1.54, 1.807) is 31.1 Å². The number of aryl methyl sites for hydroxylation is 1. The fraction of sp³-hybridized carbons (Fsp3) is 0.214. The third-order valence-corrected chi connectivity index (χ3v) is 3.16. The molecule has 0 saturated heterocycles. The third kappa shape index (κ3) is 3.18. The first kappa shape index (κ1) is 14.7. The molecule has 118 valence electrons. The number of aromatic nitrogens is 6. The second kappa shape index (κ2) is 6.26. The van der Waals surface area contributed by atoms with Crippen molar-refractivity contribution < 1.29 is 4.74 Å². The van der Waals surface area contributed by atoms with Crippen molar-refractivity contribution in [2.24, 2.45) is 0 Å². The lowest BCUT2D eigenvalue weighted by molar-refractivity contribution is 0.414. The van der Waals surface area contributed by atoms with Crippen molar-refractivity contribution in [1.82, 2.24) is 30.2 Å². The predicted octanol–water partition coefficient (Wildman–Crippen LogP) is 1.55. The lowest BCUT2D eigenvalue weighted by Crippen LogP contribution is -2.03. The Bertz CT molecular complexity index is 816. The third-order valence-electron chi connectivity index (χ3n) is 3.16. The summed E-state index contributed by atoms with van der Waals surface area (Å²) < 4.78 is 6.96. The van der Waals surface area contributed by atoms with Gasteiger partial charge in [0.2, 0.25) is 5.95 Å². The molecule has 0 aliphatic rings. The van der Waals surface area contributed by atoms with Crippen LogP contribution in [0.2, 0.25) is 0 Å². The van der Waals surface area contributed by atoms with Gasteiger partial charge in [-0.05, 0) is 29.5 Å². The van der Waals surface area contributed by atoms with Crippen molar-refractivity contribution >= 4 is 17.5 Å². The second-order valence-electron chi connectivity index (χ2n) is 4.70. The van der Waals surface area contributed by atoms with Crippen LogP contribution in [0.1, 0.15) is 5.82 Å². The molecule has 0 fully saturated rings. The molecule has 0 atom stereocenters. The number of tetrazole rings is 1. The Labute approximate surface area is 132 Å². The average molecular weight is 312 g/mol. The molecule has 0 radical (unpaired) electrons. The first-order chi connectivity index (χ1) is 11.2. The highest BCUT2D eigenvalue weighted by Gasteiger charge is 2.09. The summed E-state index contributed by atoms with van der Waals surface area (Å²) in [4.78, 5) is 8.53. The van der Waals surface area contributed by atoms with Crippen LogP contribution >= 0.6 is 0 Å². The standard InChI is InChI=1S/C14H16N8O/c1-9-19-20-21-22(9)11-6-10(7-12(8-11)23-3)17-14-16-5-4-13(15-2)18-14/h4-8H,1-3H3,(H2,15,16,17,18). The van der Waals surface area contributed by atoms with Crippen molar-refractivity contribution in [3.63, 3.8) is 0 Å². The normalized spacial score (nSPS) is 10.4. The lowest BCUT2D eigenvalue weighted by Gasteiger charge is -2.11. The predicted molar refractivity (Wildman–Crippen MR) is 85.3 cm³/mol. The van der Waals surface area contributed by atoms with E-state index < -0.39 is 0 Å². The van der Waals surface area contributed by atoms with Gasteiger partial charge in [-0.3, -0.25) is 0 Å². The van der Waals surface area contributed by atoms with E-state index in [-0.39, 0.29) is 0 Å². The number of ether oxygens (including phenoxy) is 1. The van der Waals surface area contributed by atoms with Gasteiger partial charge in [0, 0.05) is 31.1 Å². The molecule has 3 rings (SSSR count). The molecule has 0 amide bonds. The van der Waals surface area contributed by atoms with Gasteiger partial charge in [0.1, 0.15) is 11.6 Å². The first-order valence-corrected chi connectivity index (χ1v) is 6.92. The van der Waals surface area contributed by atoms with E-state index in [9.17, 15) is 0 Å². The largest absolute Gasteiger partial charge is 0.497 e. The van der Waals surface area contributed by atoms with Gasteiger partial charge in [0.15, 0.2) is 5.82 Å². The molecule has 9 nitrogen and oxygen atoms in total. The van der Waals surface area contributed by atoms with Gasteiger partial charge in [0.05, 0.1) is 12.8 Å². The van der Waals surface area contributed by atoms with Crippen LogP contribution in [0.5, 0.6) is 5.75 Å². The van der Waals surface area contributed by atoms with E-state index in [1.807, 2.05) is 25.1 Å². The van der Waals surface area contributed by atoms with E-state index in [4.69, 9.17) is 4.74 Å². The summed E-state index contributed by atoms with van der Waals surface area (Å²) in [6.45, 7) is 1.83. The molecule has 0 bridgehead atoms. The maximum absolute atomic E-state index is 5.34. The van der Waals surface area contributed by atoms with Crippen molar-refractivity contribution in [2.45, 2.75) is 6.92 Å². The van der Waals surface area contributed by atoms with Crippen LogP contribution in [0.15, 0.2) is 30.5 Å². The number of nitrogens with zero attached hydrogens (tertiary/aromatic N) is 6. The van der Waals surface area contributed by atoms with Gasteiger partial charge in [-0.2, -0.15) is 9.67 Å². The Morgan fingerprint density at radius 1 is 1.22 bits per heavy atom. The van der Waals surface area contributed by atoms with Crippen molar-refractivity contribution in [2.75, 3.05) is 24.8 Å². The number of benzene rings is 1. The van der Waals surface area contributed by atoms with Crippen LogP contribution in [0, 0.1) is 6.92 Å². The van der Waals surface area contributed by atoms with Gasteiger partial charge in [-0.25, -0.2) is 4.98 Å². The van der Waals surface area contributed by atoms with E-state index in [0.29, 0.717) is 17.5 Å². The van der Waals surface area contributed by atoms with E-state index >= 15 is 0 Å². The minimum atomic E-state index is 0.476. The zero-order chi connectivity index (χ0) is 16.2. The summed E-state index contributed by atoms with van der Waals surface area (Å²) in [5.74, 6) is 2.55. The Balaban J connectivity index is 1.97. The van der Waals surface area contributed by atoms with Crippen LogP contribution in [-0.4, -0.2) is 44.3 Å². The molecule has 0 aliphatic carbocycles. The SMILES string of the molecule is CNc1ccnc(Nc2cc(OC)cc(-n3nnnc3C)c2)n1. The van der Waals surface area contributed by atoms with Crippen molar-refractivity contribution in [3.05, 3.63) is 36.3 Å². The molecule has 0 unspecified atom stereocenters. The molecule has 0 spiro atoms. The maximum atomic E-state index is 5.34. The summed E-state index contributed by atoms with van der Waals surface area (Å²) in [5.41, 5.74) is 1.54. The molecular formula is C14H16N8O. The molecule has 1 aromatic carbocycles. The Morgan fingerprint density at radius 3 is 2.78 bits per heavy atom. The summed E-state index contributed by atoms with van der Waals surface area (Å²) in [6.07, 6.45) is 1.67. The van der Waals surface area contributed by atoms with Crippen molar-refractivity contribution in [3.8, 4) is 11.4 Å². The molecule has 2 N–H and O–H groups in total. The monoisotopic (exact) mass is 312 g/mol. The minimum absolute atomic E-state index is 0.476. The summed E-state index contributed by atoms with van der Waals surface area (Å²) in [6, 6.07) is 7.37. The number of anilines is 3. The van der Waals surface area contributed by atoms with E-state index in [0.717, 1.165) is 17.2 Å². The lowest BCUT2D eigenvalue weighted by atomic mass is 10.2. The summed E-state index contributed by atoms with van der Waals surface area (Å²) in [5, 5.41) is 17.6. The van der Waals surface area contributed by atoms with Gasteiger partial charge in [-0.15, -0.1) is 5.10 Å². The van der Waals surface area contributed by atoms with Crippen LogP contribution in [-0.2, 0) is 0 Å². The zero-order valence-electron chi connectivity index (χ0n) is 13.0. The molecule has 9 heteroatoms. The molecule has 2 aromatic heterocycles. The van der Waals surface area contributed by atoms with Gasteiger partial charge in [0.25, 0.3) is 0 Å². The van der Waals surface area contributed by atoms with Gasteiger partial charge >= 0.3 is 0 Å². The second-order valence-corrected chi connectivity index (χ2v) is 4.70. The minimum Gasteiger partial charge on any atom is -0.497 e. The molecule has 2 heterocycles. The highest BCUT2D eigenvalue weighted by molar-refractivity contribution is 5.61. The number of hydrogen-bond acceptors (Lipinski definition) is 8. The van der Waals surface area contributed by atoms with Crippen LogP contribution < -0.4 is 15.4 Å². The number of nitrogens with one attached hydrogen (secondary N) is 2. The summed E-state index contributed by atoms with van der Waals surface area (Å²) >= 11 is 0. The highest BCUT2D eigenvalue weighted by Crippen LogP contribution is 2.25. The number of methoxy groups -OCH3 is 1. The van der Waals surface area contributed by atoms with E-state index in [1.165, 1.54) is 0 Å². The van der Waals surface area contributed by atoms with Crippen molar-refractivity contribution in [1.29, 1.82) is 0 Å².